The molecule has 0 amide bonds. The fourth-order valence-electron chi connectivity index (χ4n) is 0.785. The Morgan fingerprint density at radius 3 is 2.92 bits per heavy atom. The van der Waals surface area contributed by atoms with Crippen LogP contribution >= 0.6 is 11.6 Å². The Labute approximate surface area is 81.6 Å². The predicted octanol–water partition coefficient (Wildman–Crippen LogP) is 1.34. The summed E-state index contributed by atoms with van der Waals surface area (Å²) in [5, 5.41) is 0.497. The highest BCUT2D eigenvalue weighted by molar-refractivity contribution is 6.30. The summed E-state index contributed by atoms with van der Waals surface area (Å²) in [7, 11) is 1.60. The van der Waals surface area contributed by atoms with Crippen molar-refractivity contribution in [3.8, 4) is 5.88 Å². The Morgan fingerprint density at radius 1 is 1.54 bits per heavy atom. The summed E-state index contributed by atoms with van der Waals surface area (Å²) >= 11 is 5.66. The minimum absolute atomic E-state index is 0.390. The number of methoxy groups -OCH3 is 1. The molecule has 72 valence electrons. The Hall–Kier alpha value is -1.00. The highest BCUT2D eigenvalue weighted by Gasteiger charge is 2.01. The lowest BCUT2D eigenvalue weighted by Gasteiger charge is -2.06. The van der Waals surface area contributed by atoms with Gasteiger partial charge < -0.3 is 15.2 Å². The van der Waals surface area contributed by atoms with Crippen LogP contribution in [0.4, 0.5) is 5.69 Å². The van der Waals surface area contributed by atoms with Crippen LogP contribution in [0.2, 0.25) is 5.02 Å². The number of rotatable bonds is 4. The van der Waals surface area contributed by atoms with E-state index in [-0.39, 0.29) is 0 Å². The number of anilines is 1. The lowest BCUT2D eigenvalue weighted by Crippen LogP contribution is -2.07. The molecular weight excluding hydrogens is 192 g/mol. The van der Waals surface area contributed by atoms with Crippen molar-refractivity contribution < 1.29 is 9.47 Å². The van der Waals surface area contributed by atoms with E-state index in [1.165, 1.54) is 6.20 Å². The number of nitrogens with two attached hydrogens (primary N) is 1. The van der Waals surface area contributed by atoms with Gasteiger partial charge in [0.1, 0.15) is 6.61 Å². The first-order chi connectivity index (χ1) is 6.24. The van der Waals surface area contributed by atoms with Crippen molar-refractivity contribution in [2.45, 2.75) is 0 Å². The van der Waals surface area contributed by atoms with Gasteiger partial charge >= 0.3 is 0 Å². The van der Waals surface area contributed by atoms with Crippen LogP contribution in [0.1, 0.15) is 0 Å². The molecule has 0 radical (unpaired) electrons. The molecule has 0 unspecified atom stereocenters. The van der Waals surface area contributed by atoms with Crippen molar-refractivity contribution in [3.05, 3.63) is 17.3 Å². The van der Waals surface area contributed by atoms with E-state index in [2.05, 4.69) is 4.98 Å². The van der Waals surface area contributed by atoms with E-state index in [9.17, 15) is 0 Å². The lowest BCUT2D eigenvalue weighted by atomic mass is 10.4. The monoisotopic (exact) mass is 202 g/mol. The zero-order valence-corrected chi connectivity index (χ0v) is 8.04. The standard InChI is InChI=1S/C8H11ClN2O2/c1-12-2-3-13-8-7(10)4-6(9)5-11-8/h4-5H,2-3,10H2,1H3. The van der Waals surface area contributed by atoms with Gasteiger partial charge in [-0.15, -0.1) is 0 Å². The molecular formula is C8H11ClN2O2. The van der Waals surface area contributed by atoms with E-state index >= 15 is 0 Å². The van der Waals surface area contributed by atoms with E-state index in [1.54, 1.807) is 13.2 Å². The van der Waals surface area contributed by atoms with Crippen molar-refractivity contribution in [1.29, 1.82) is 0 Å². The number of aromatic nitrogens is 1. The minimum Gasteiger partial charge on any atom is -0.474 e. The fraction of sp³-hybridized carbons (Fsp3) is 0.375. The summed E-state index contributed by atoms with van der Waals surface area (Å²) < 4.78 is 10.0. The van der Waals surface area contributed by atoms with E-state index in [0.29, 0.717) is 29.8 Å². The van der Waals surface area contributed by atoms with Crippen LogP contribution in [-0.2, 0) is 4.74 Å². The summed E-state index contributed by atoms with van der Waals surface area (Å²) in [5.41, 5.74) is 6.02. The second-order valence-corrected chi connectivity index (χ2v) is 2.83. The molecule has 13 heavy (non-hydrogen) atoms. The van der Waals surface area contributed by atoms with E-state index in [4.69, 9.17) is 26.8 Å². The second-order valence-electron chi connectivity index (χ2n) is 2.39. The van der Waals surface area contributed by atoms with Crippen molar-refractivity contribution in [1.82, 2.24) is 4.98 Å². The largest absolute Gasteiger partial charge is 0.474 e. The Kier molecular flexibility index (Phi) is 3.79. The SMILES string of the molecule is COCCOc1ncc(Cl)cc1N. The maximum absolute atomic E-state index is 5.66. The Morgan fingerprint density at radius 2 is 2.31 bits per heavy atom. The molecule has 1 aromatic heterocycles. The van der Waals surface area contributed by atoms with Crippen LogP contribution in [0.3, 0.4) is 0 Å². The molecule has 0 aliphatic carbocycles. The van der Waals surface area contributed by atoms with Crippen LogP contribution in [0.25, 0.3) is 0 Å². The van der Waals surface area contributed by atoms with E-state index in [0.717, 1.165) is 0 Å². The zero-order valence-electron chi connectivity index (χ0n) is 7.29. The van der Waals surface area contributed by atoms with Gasteiger partial charge in [0.25, 0.3) is 0 Å². The average Bonchev–Trinajstić information content (AvgIpc) is 2.09. The lowest BCUT2D eigenvalue weighted by molar-refractivity contribution is 0.144. The number of hydrogen-bond donors (Lipinski definition) is 1. The van der Waals surface area contributed by atoms with Crippen molar-refractivity contribution >= 4 is 17.3 Å². The van der Waals surface area contributed by atoms with E-state index in [1.807, 2.05) is 0 Å². The Balaban J connectivity index is 2.56. The third kappa shape index (κ3) is 3.08. The van der Waals surface area contributed by atoms with Crippen LogP contribution in [0.15, 0.2) is 12.3 Å². The maximum atomic E-state index is 5.66. The third-order valence-electron chi connectivity index (χ3n) is 1.37. The van der Waals surface area contributed by atoms with Gasteiger partial charge in [0.2, 0.25) is 5.88 Å². The first kappa shape index (κ1) is 10.1. The number of nitrogens with zero attached hydrogens (tertiary/aromatic N) is 1. The van der Waals surface area contributed by atoms with Crippen LogP contribution in [0, 0.1) is 0 Å². The molecule has 4 nitrogen and oxygen atoms in total. The maximum Gasteiger partial charge on any atom is 0.237 e. The molecule has 1 heterocycles. The minimum atomic E-state index is 0.390. The molecule has 0 aliphatic heterocycles. The normalized spacial score (nSPS) is 10.0. The summed E-state index contributed by atoms with van der Waals surface area (Å²) in [4.78, 5) is 3.91. The average molecular weight is 203 g/mol. The summed E-state index contributed by atoms with van der Waals surface area (Å²) in [6.07, 6.45) is 1.49. The molecule has 0 bridgehead atoms. The quantitative estimate of drug-likeness (QED) is 0.749. The molecule has 2 N–H and O–H groups in total. The van der Waals surface area contributed by atoms with Crippen molar-refractivity contribution in [2.75, 3.05) is 26.1 Å². The third-order valence-corrected chi connectivity index (χ3v) is 1.58. The van der Waals surface area contributed by atoms with Gasteiger partial charge in [-0.05, 0) is 6.07 Å². The van der Waals surface area contributed by atoms with Crippen LogP contribution < -0.4 is 10.5 Å². The van der Waals surface area contributed by atoms with Gasteiger partial charge in [0.05, 0.1) is 17.3 Å². The summed E-state index contributed by atoms with van der Waals surface area (Å²) in [5.74, 6) is 0.390. The number of pyridine rings is 1. The van der Waals surface area contributed by atoms with Crippen LogP contribution in [0.5, 0.6) is 5.88 Å². The highest BCUT2D eigenvalue weighted by Crippen LogP contribution is 2.21. The number of halogens is 1. The Bertz CT molecular complexity index is 281. The van der Waals surface area contributed by atoms with Gasteiger partial charge in [-0.3, -0.25) is 0 Å². The van der Waals surface area contributed by atoms with Gasteiger partial charge in [-0.25, -0.2) is 4.98 Å². The molecule has 0 aliphatic rings. The summed E-state index contributed by atoms with van der Waals surface area (Å²) in [6.45, 7) is 0.930. The summed E-state index contributed by atoms with van der Waals surface area (Å²) in [6, 6.07) is 1.59. The van der Waals surface area contributed by atoms with Crippen LogP contribution in [-0.4, -0.2) is 25.3 Å². The first-order valence-electron chi connectivity index (χ1n) is 3.77. The highest BCUT2D eigenvalue weighted by atomic mass is 35.5. The predicted molar refractivity (Wildman–Crippen MR) is 51.0 cm³/mol. The number of hydrogen-bond acceptors (Lipinski definition) is 4. The fourth-order valence-corrected chi connectivity index (χ4v) is 0.951. The topological polar surface area (TPSA) is 57.4 Å². The molecule has 0 spiro atoms. The van der Waals surface area contributed by atoms with Crippen molar-refractivity contribution in [2.24, 2.45) is 0 Å². The molecule has 0 fully saturated rings. The van der Waals surface area contributed by atoms with Gasteiger partial charge in [-0.1, -0.05) is 11.6 Å². The van der Waals surface area contributed by atoms with Gasteiger partial charge in [0, 0.05) is 13.3 Å². The van der Waals surface area contributed by atoms with E-state index < -0.39 is 0 Å². The molecule has 1 aromatic rings. The first-order valence-corrected chi connectivity index (χ1v) is 4.14. The second kappa shape index (κ2) is 4.89. The molecule has 0 aromatic carbocycles. The molecule has 0 saturated heterocycles. The van der Waals surface area contributed by atoms with Gasteiger partial charge in [-0.2, -0.15) is 0 Å². The molecule has 0 saturated carbocycles. The molecule has 1 rings (SSSR count). The zero-order chi connectivity index (χ0) is 9.68. The molecule has 5 heteroatoms. The van der Waals surface area contributed by atoms with Gasteiger partial charge in [0.15, 0.2) is 0 Å². The number of ether oxygens (including phenoxy) is 2. The molecule has 0 atom stereocenters. The smallest absolute Gasteiger partial charge is 0.237 e. The van der Waals surface area contributed by atoms with Crippen molar-refractivity contribution in [3.63, 3.8) is 0 Å². The number of nitrogen functional groups attached to an aromatic ring is 1.